The fourth-order valence-corrected chi connectivity index (χ4v) is 1.84. The van der Waals surface area contributed by atoms with Gasteiger partial charge in [0.25, 0.3) is 5.69 Å². The van der Waals surface area contributed by atoms with Gasteiger partial charge in [-0.1, -0.05) is 0 Å². The van der Waals surface area contributed by atoms with E-state index in [0.717, 1.165) is 17.5 Å². The van der Waals surface area contributed by atoms with Gasteiger partial charge in [-0.3, -0.25) is 10.1 Å². The van der Waals surface area contributed by atoms with Crippen LogP contribution in [0.3, 0.4) is 0 Å². The van der Waals surface area contributed by atoms with Crippen molar-refractivity contribution in [3.63, 3.8) is 0 Å². The van der Waals surface area contributed by atoms with Crippen molar-refractivity contribution in [1.82, 2.24) is 4.98 Å². The fourth-order valence-electron chi connectivity index (χ4n) is 1.84. The van der Waals surface area contributed by atoms with Crippen LogP contribution >= 0.6 is 0 Å². The Labute approximate surface area is 110 Å². The molecule has 0 radical (unpaired) electrons. The molecule has 1 aromatic carbocycles. The van der Waals surface area contributed by atoms with Gasteiger partial charge >= 0.3 is 0 Å². The summed E-state index contributed by atoms with van der Waals surface area (Å²) in [6, 6.07) is 6.77. The van der Waals surface area contributed by atoms with Crippen molar-refractivity contribution in [1.29, 1.82) is 0 Å². The van der Waals surface area contributed by atoms with Crippen LogP contribution in [0, 0.1) is 22.0 Å². The van der Waals surface area contributed by atoms with Crippen LogP contribution in [0.5, 0.6) is 0 Å². The van der Waals surface area contributed by atoms with E-state index < -0.39 is 4.92 Å². The average molecular weight is 255 g/mol. The Morgan fingerprint density at radius 3 is 3.00 bits per heavy atom. The van der Waals surface area contributed by atoms with E-state index in [0.29, 0.717) is 12.1 Å². The SMILES string of the molecule is CC#CCCNc1ccc([N+](=O)[O-])c2ncccc12. The lowest BCUT2D eigenvalue weighted by Crippen LogP contribution is -2.02. The number of benzene rings is 1. The number of nitro benzene ring substituents is 1. The number of hydrogen-bond donors (Lipinski definition) is 1. The molecule has 0 aliphatic heterocycles. The molecule has 1 N–H and O–H groups in total. The Morgan fingerprint density at radius 2 is 2.26 bits per heavy atom. The number of non-ortho nitro benzene ring substituents is 1. The summed E-state index contributed by atoms with van der Waals surface area (Å²) in [5.41, 5.74) is 1.26. The molecule has 1 aromatic heterocycles. The molecule has 0 aliphatic carbocycles. The van der Waals surface area contributed by atoms with E-state index in [-0.39, 0.29) is 5.69 Å². The van der Waals surface area contributed by atoms with Gasteiger partial charge in [-0.2, -0.15) is 0 Å². The molecular formula is C14H13N3O2. The van der Waals surface area contributed by atoms with Crippen LogP contribution in [-0.4, -0.2) is 16.5 Å². The third-order valence-corrected chi connectivity index (χ3v) is 2.69. The lowest BCUT2D eigenvalue weighted by Gasteiger charge is -2.08. The predicted octanol–water partition coefficient (Wildman–Crippen LogP) is 2.97. The molecule has 0 atom stereocenters. The molecule has 2 rings (SSSR count). The van der Waals surface area contributed by atoms with Gasteiger partial charge in [0.1, 0.15) is 5.52 Å². The number of nitro groups is 1. The van der Waals surface area contributed by atoms with Gasteiger partial charge in [-0.05, 0) is 25.1 Å². The molecule has 0 amide bonds. The van der Waals surface area contributed by atoms with Crippen molar-refractivity contribution in [2.24, 2.45) is 0 Å². The summed E-state index contributed by atoms with van der Waals surface area (Å²) in [4.78, 5) is 14.6. The second-order valence-electron chi connectivity index (χ2n) is 3.89. The quantitative estimate of drug-likeness (QED) is 0.394. The predicted molar refractivity (Wildman–Crippen MR) is 75.0 cm³/mol. The van der Waals surface area contributed by atoms with Crippen LogP contribution in [0.25, 0.3) is 10.9 Å². The van der Waals surface area contributed by atoms with E-state index in [1.807, 2.05) is 6.07 Å². The van der Waals surface area contributed by atoms with Gasteiger partial charge < -0.3 is 5.32 Å². The number of aromatic nitrogens is 1. The molecule has 0 fully saturated rings. The number of nitrogens with one attached hydrogen (secondary N) is 1. The monoisotopic (exact) mass is 255 g/mol. The van der Waals surface area contributed by atoms with E-state index in [1.165, 1.54) is 6.07 Å². The van der Waals surface area contributed by atoms with E-state index in [4.69, 9.17) is 0 Å². The van der Waals surface area contributed by atoms with E-state index in [1.54, 1.807) is 25.3 Å². The second kappa shape index (κ2) is 5.83. The van der Waals surface area contributed by atoms with Gasteiger partial charge in [0.05, 0.1) is 4.92 Å². The highest BCUT2D eigenvalue weighted by Gasteiger charge is 2.14. The number of rotatable bonds is 4. The first-order valence-electron chi connectivity index (χ1n) is 5.89. The Bertz CT molecular complexity index is 671. The Kier molecular flexibility index (Phi) is 3.94. The number of pyridine rings is 1. The van der Waals surface area contributed by atoms with Gasteiger partial charge in [-0.15, -0.1) is 11.8 Å². The molecule has 19 heavy (non-hydrogen) atoms. The Hall–Kier alpha value is -2.61. The molecule has 0 bridgehead atoms. The normalized spacial score (nSPS) is 9.74. The average Bonchev–Trinajstić information content (AvgIpc) is 2.43. The van der Waals surface area contributed by atoms with Crippen LogP contribution in [0.15, 0.2) is 30.5 Å². The smallest absolute Gasteiger partial charge is 0.295 e. The maximum Gasteiger partial charge on any atom is 0.295 e. The maximum absolute atomic E-state index is 11.0. The highest BCUT2D eigenvalue weighted by Crippen LogP contribution is 2.29. The minimum atomic E-state index is -0.415. The van der Waals surface area contributed by atoms with Crippen molar-refractivity contribution < 1.29 is 4.92 Å². The molecule has 0 spiro atoms. The first kappa shape index (κ1) is 12.8. The number of anilines is 1. The van der Waals surface area contributed by atoms with Crippen molar-refractivity contribution in [3.8, 4) is 11.8 Å². The molecule has 2 aromatic rings. The first-order chi connectivity index (χ1) is 9.24. The van der Waals surface area contributed by atoms with Gasteiger partial charge in [0, 0.05) is 36.3 Å². The molecular weight excluding hydrogens is 242 g/mol. The summed E-state index contributed by atoms with van der Waals surface area (Å²) < 4.78 is 0. The van der Waals surface area contributed by atoms with Crippen LogP contribution in [0.2, 0.25) is 0 Å². The molecule has 96 valence electrons. The lowest BCUT2D eigenvalue weighted by molar-refractivity contribution is -0.383. The van der Waals surface area contributed by atoms with Crippen LogP contribution < -0.4 is 5.32 Å². The number of nitrogens with zero attached hydrogens (tertiary/aromatic N) is 2. The highest BCUT2D eigenvalue weighted by molar-refractivity contribution is 5.96. The largest absolute Gasteiger partial charge is 0.384 e. The molecule has 1 heterocycles. The summed E-state index contributed by atoms with van der Waals surface area (Å²) in [5, 5.41) is 14.9. The number of hydrogen-bond acceptors (Lipinski definition) is 4. The highest BCUT2D eigenvalue weighted by atomic mass is 16.6. The zero-order valence-corrected chi connectivity index (χ0v) is 10.5. The lowest BCUT2D eigenvalue weighted by atomic mass is 10.1. The van der Waals surface area contributed by atoms with E-state index in [2.05, 4.69) is 22.1 Å². The van der Waals surface area contributed by atoms with Crippen LogP contribution in [-0.2, 0) is 0 Å². The van der Waals surface area contributed by atoms with Gasteiger partial charge in [0.15, 0.2) is 0 Å². The first-order valence-corrected chi connectivity index (χ1v) is 5.89. The van der Waals surface area contributed by atoms with Crippen molar-refractivity contribution >= 4 is 22.3 Å². The van der Waals surface area contributed by atoms with Crippen LogP contribution in [0.4, 0.5) is 11.4 Å². The van der Waals surface area contributed by atoms with Crippen molar-refractivity contribution in [3.05, 3.63) is 40.6 Å². The fraction of sp³-hybridized carbons (Fsp3) is 0.214. The standard InChI is InChI=1S/C14H13N3O2/c1-2-3-4-9-15-12-7-8-13(17(18)19)14-11(12)6-5-10-16-14/h5-8,10,15H,4,9H2,1H3. The van der Waals surface area contributed by atoms with Crippen molar-refractivity contribution in [2.45, 2.75) is 13.3 Å². The third-order valence-electron chi connectivity index (χ3n) is 2.69. The molecule has 5 heteroatoms. The zero-order chi connectivity index (χ0) is 13.7. The summed E-state index contributed by atoms with van der Waals surface area (Å²) in [6.07, 6.45) is 2.29. The molecule has 0 saturated heterocycles. The Morgan fingerprint density at radius 1 is 1.42 bits per heavy atom. The second-order valence-corrected chi connectivity index (χ2v) is 3.89. The topological polar surface area (TPSA) is 68.1 Å². The summed E-state index contributed by atoms with van der Waals surface area (Å²) in [7, 11) is 0. The number of fused-ring (bicyclic) bond motifs is 1. The molecule has 5 nitrogen and oxygen atoms in total. The minimum Gasteiger partial charge on any atom is -0.384 e. The molecule has 0 aliphatic rings. The third kappa shape index (κ3) is 2.80. The minimum absolute atomic E-state index is 0.0227. The summed E-state index contributed by atoms with van der Waals surface area (Å²) in [6.45, 7) is 2.49. The van der Waals surface area contributed by atoms with Crippen molar-refractivity contribution in [2.75, 3.05) is 11.9 Å². The summed E-state index contributed by atoms with van der Waals surface area (Å²) >= 11 is 0. The van der Waals surface area contributed by atoms with Crippen LogP contribution in [0.1, 0.15) is 13.3 Å². The summed E-state index contributed by atoms with van der Waals surface area (Å²) in [5.74, 6) is 5.78. The van der Waals surface area contributed by atoms with Gasteiger partial charge in [0.2, 0.25) is 0 Å². The zero-order valence-electron chi connectivity index (χ0n) is 10.5. The van der Waals surface area contributed by atoms with Gasteiger partial charge in [-0.25, -0.2) is 4.98 Å². The maximum atomic E-state index is 11.0. The van der Waals surface area contributed by atoms with E-state index >= 15 is 0 Å². The molecule has 0 saturated carbocycles. The molecule has 0 unspecified atom stereocenters. The Balaban J connectivity index is 2.37. The van der Waals surface area contributed by atoms with E-state index in [9.17, 15) is 10.1 Å².